The number of hydrogen-bond acceptors (Lipinski definition) is 3. The van der Waals surface area contributed by atoms with Crippen molar-refractivity contribution in [2.24, 2.45) is 5.41 Å². The van der Waals surface area contributed by atoms with Gasteiger partial charge in [-0.1, -0.05) is 20.8 Å². The van der Waals surface area contributed by atoms with Crippen LogP contribution < -0.4 is 10.6 Å². The second-order valence-corrected chi connectivity index (χ2v) is 5.30. The minimum atomic E-state index is -0.254. The third-order valence-corrected chi connectivity index (χ3v) is 3.61. The number of amides is 1. The van der Waals surface area contributed by atoms with E-state index in [1.165, 1.54) is 0 Å². The topological polar surface area (TPSA) is 61.4 Å². The maximum atomic E-state index is 11.6. The van der Waals surface area contributed by atoms with Crippen molar-refractivity contribution in [3.8, 4) is 0 Å². The highest BCUT2D eigenvalue weighted by molar-refractivity contribution is 5.81. The zero-order valence-electron chi connectivity index (χ0n) is 10.7. The molecule has 0 heterocycles. The standard InChI is InChI=1S/C12H24N2O2/c1-5-6-13-11(16)8(2)14-9-7-10(15)12(9,3)4/h8-10,14-15H,5-7H2,1-4H3,(H,13,16). The number of nitrogens with one attached hydrogen (secondary N) is 2. The lowest BCUT2D eigenvalue weighted by molar-refractivity contribution is -0.125. The van der Waals surface area contributed by atoms with E-state index in [9.17, 15) is 9.90 Å². The van der Waals surface area contributed by atoms with Gasteiger partial charge < -0.3 is 15.7 Å². The number of rotatable bonds is 5. The van der Waals surface area contributed by atoms with Crippen LogP contribution in [0.4, 0.5) is 0 Å². The van der Waals surface area contributed by atoms with Gasteiger partial charge in [0.2, 0.25) is 5.91 Å². The molecule has 3 atom stereocenters. The second-order valence-electron chi connectivity index (χ2n) is 5.30. The average Bonchev–Trinajstić information content (AvgIpc) is 2.25. The molecule has 1 amide bonds. The third-order valence-electron chi connectivity index (χ3n) is 3.61. The molecular weight excluding hydrogens is 204 g/mol. The van der Waals surface area contributed by atoms with Gasteiger partial charge in [-0.05, 0) is 19.8 Å². The quantitative estimate of drug-likeness (QED) is 0.647. The van der Waals surface area contributed by atoms with E-state index in [0.29, 0.717) is 0 Å². The summed E-state index contributed by atoms with van der Waals surface area (Å²) in [6.07, 6.45) is 1.43. The van der Waals surface area contributed by atoms with E-state index < -0.39 is 0 Å². The molecule has 1 aliphatic carbocycles. The van der Waals surface area contributed by atoms with Gasteiger partial charge >= 0.3 is 0 Å². The van der Waals surface area contributed by atoms with Crippen LogP contribution in [0.5, 0.6) is 0 Å². The van der Waals surface area contributed by atoms with E-state index in [1.807, 2.05) is 27.7 Å². The Morgan fingerprint density at radius 3 is 2.62 bits per heavy atom. The van der Waals surface area contributed by atoms with Gasteiger partial charge in [-0.2, -0.15) is 0 Å². The number of aliphatic hydroxyl groups excluding tert-OH is 1. The fourth-order valence-corrected chi connectivity index (χ4v) is 1.96. The smallest absolute Gasteiger partial charge is 0.236 e. The number of hydrogen-bond donors (Lipinski definition) is 3. The van der Waals surface area contributed by atoms with E-state index in [1.54, 1.807) is 0 Å². The molecule has 0 saturated heterocycles. The minimum Gasteiger partial charge on any atom is -0.392 e. The summed E-state index contributed by atoms with van der Waals surface area (Å²) in [6, 6.07) is 0.0354. The van der Waals surface area contributed by atoms with Crippen LogP contribution in [0.3, 0.4) is 0 Å². The summed E-state index contributed by atoms with van der Waals surface area (Å²) in [6.45, 7) is 8.67. The van der Waals surface area contributed by atoms with Crippen molar-refractivity contribution in [3.63, 3.8) is 0 Å². The van der Waals surface area contributed by atoms with E-state index in [0.717, 1.165) is 19.4 Å². The number of aliphatic hydroxyl groups is 1. The molecule has 4 nitrogen and oxygen atoms in total. The van der Waals surface area contributed by atoms with Crippen molar-refractivity contribution in [2.45, 2.75) is 58.7 Å². The largest absolute Gasteiger partial charge is 0.392 e. The summed E-state index contributed by atoms with van der Waals surface area (Å²) in [4.78, 5) is 11.6. The van der Waals surface area contributed by atoms with Gasteiger partial charge in [0.25, 0.3) is 0 Å². The average molecular weight is 228 g/mol. The van der Waals surface area contributed by atoms with Crippen LogP contribution in [0.15, 0.2) is 0 Å². The summed E-state index contributed by atoms with van der Waals surface area (Å²) in [5.41, 5.74) is -0.126. The van der Waals surface area contributed by atoms with Gasteiger partial charge in [-0.15, -0.1) is 0 Å². The van der Waals surface area contributed by atoms with Crippen LogP contribution >= 0.6 is 0 Å². The van der Waals surface area contributed by atoms with Crippen molar-refractivity contribution in [1.82, 2.24) is 10.6 Å². The summed E-state index contributed by atoms with van der Waals surface area (Å²) < 4.78 is 0. The summed E-state index contributed by atoms with van der Waals surface area (Å²) in [7, 11) is 0. The van der Waals surface area contributed by atoms with Gasteiger partial charge in [0, 0.05) is 18.0 Å². The molecule has 1 saturated carbocycles. The molecule has 94 valence electrons. The lowest BCUT2D eigenvalue weighted by Crippen LogP contribution is -2.63. The Bertz CT molecular complexity index is 253. The Balaban J connectivity index is 2.35. The normalized spacial score (nSPS) is 29.3. The molecule has 1 rings (SSSR count). The molecule has 1 aliphatic rings. The molecule has 0 aromatic heterocycles. The SMILES string of the molecule is CCCNC(=O)C(C)NC1CC(O)C1(C)C. The lowest BCUT2D eigenvalue weighted by Gasteiger charge is -2.50. The zero-order valence-corrected chi connectivity index (χ0v) is 10.7. The van der Waals surface area contributed by atoms with Crippen molar-refractivity contribution >= 4 is 5.91 Å². The molecule has 0 bridgehead atoms. The molecule has 0 radical (unpaired) electrons. The maximum Gasteiger partial charge on any atom is 0.236 e. The first-order valence-corrected chi connectivity index (χ1v) is 6.11. The fraction of sp³-hybridized carbons (Fsp3) is 0.917. The molecule has 16 heavy (non-hydrogen) atoms. The van der Waals surface area contributed by atoms with Crippen LogP contribution in [-0.2, 0) is 4.79 Å². The van der Waals surface area contributed by atoms with Crippen LogP contribution in [0.2, 0.25) is 0 Å². The molecule has 0 aliphatic heterocycles. The van der Waals surface area contributed by atoms with Crippen molar-refractivity contribution in [3.05, 3.63) is 0 Å². The first-order chi connectivity index (χ1) is 7.39. The molecule has 3 N–H and O–H groups in total. The summed E-state index contributed by atoms with van der Waals surface area (Å²) in [5.74, 6) is 0.0408. The Morgan fingerprint density at radius 1 is 1.56 bits per heavy atom. The fourth-order valence-electron chi connectivity index (χ4n) is 1.96. The second kappa shape index (κ2) is 5.15. The predicted octanol–water partition coefficient (Wildman–Crippen LogP) is 0.650. The highest BCUT2D eigenvalue weighted by atomic mass is 16.3. The van der Waals surface area contributed by atoms with E-state index in [4.69, 9.17) is 0 Å². The minimum absolute atomic E-state index is 0.0408. The van der Waals surface area contributed by atoms with E-state index in [-0.39, 0.29) is 29.5 Å². The van der Waals surface area contributed by atoms with Crippen LogP contribution in [-0.4, -0.2) is 35.7 Å². The monoisotopic (exact) mass is 228 g/mol. The number of carbonyl (C=O) groups is 1. The van der Waals surface area contributed by atoms with Crippen molar-refractivity contribution < 1.29 is 9.90 Å². The lowest BCUT2D eigenvalue weighted by atomic mass is 9.64. The predicted molar refractivity (Wildman–Crippen MR) is 64.1 cm³/mol. The summed E-state index contributed by atoms with van der Waals surface area (Å²) >= 11 is 0. The highest BCUT2D eigenvalue weighted by Gasteiger charge is 2.47. The molecule has 4 heteroatoms. The summed E-state index contributed by atoms with van der Waals surface area (Å²) in [5, 5.41) is 15.7. The third kappa shape index (κ3) is 2.74. The molecule has 0 spiro atoms. The van der Waals surface area contributed by atoms with Crippen LogP contribution in [0.1, 0.15) is 40.5 Å². The Labute approximate surface area is 97.8 Å². The van der Waals surface area contributed by atoms with Gasteiger partial charge in [0.1, 0.15) is 0 Å². The van der Waals surface area contributed by atoms with Gasteiger partial charge in [0.15, 0.2) is 0 Å². The Kier molecular flexibility index (Phi) is 4.33. The van der Waals surface area contributed by atoms with E-state index >= 15 is 0 Å². The molecular formula is C12H24N2O2. The van der Waals surface area contributed by atoms with Gasteiger partial charge in [-0.3, -0.25) is 4.79 Å². The Hall–Kier alpha value is -0.610. The van der Waals surface area contributed by atoms with E-state index in [2.05, 4.69) is 10.6 Å². The molecule has 0 aromatic carbocycles. The van der Waals surface area contributed by atoms with Crippen molar-refractivity contribution in [1.29, 1.82) is 0 Å². The maximum absolute atomic E-state index is 11.6. The first-order valence-electron chi connectivity index (χ1n) is 6.11. The highest BCUT2D eigenvalue weighted by Crippen LogP contribution is 2.40. The first kappa shape index (κ1) is 13.5. The Morgan fingerprint density at radius 2 is 2.19 bits per heavy atom. The molecule has 1 fully saturated rings. The molecule has 0 aromatic rings. The van der Waals surface area contributed by atoms with Crippen molar-refractivity contribution in [2.75, 3.05) is 6.54 Å². The van der Waals surface area contributed by atoms with Crippen LogP contribution in [0, 0.1) is 5.41 Å². The van der Waals surface area contributed by atoms with Gasteiger partial charge in [-0.25, -0.2) is 0 Å². The van der Waals surface area contributed by atoms with Crippen LogP contribution in [0.25, 0.3) is 0 Å². The van der Waals surface area contributed by atoms with Gasteiger partial charge in [0.05, 0.1) is 12.1 Å². The zero-order chi connectivity index (χ0) is 12.3. The number of carbonyl (C=O) groups excluding carboxylic acids is 1. The molecule has 3 unspecified atom stereocenters.